The lowest BCUT2D eigenvalue weighted by Crippen LogP contribution is -2.26. The molecule has 1 aromatic carbocycles. The Morgan fingerprint density at radius 1 is 1.38 bits per heavy atom. The first kappa shape index (κ1) is 12.3. The topological polar surface area (TPSA) is 64.4 Å². The largest absolute Gasteiger partial charge is 0.489 e. The van der Waals surface area contributed by atoms with Gasteiger partial charge in [-0.1, -0.05) is 6.07 Å². The molecule has 88 valence electrons. The molecule has 0 spiro atoms. The molecule has 0 aliphatic carbocycles. The van der Waals surface area contributed by atoms with Crippen LogP contribution >= 0.6 is 0 Å². The van der Waals surface area contributed by atoms with Crippen LogP contribution in [0.3, 0.4) is 0 Å². The number of rotatable bonds is 3. The first-order valence-corrected chi connectivity index (χ1v) is 4.95. The van der Waals surface area contributed by atoms with Crippen LogP contribution in [0.5, 0.6) is 5.75 Å². The third kappa shape index (κ3) is 2.85. The first-order valence-electron chi connectivity index (χ1n) is 4.95. The van der Waals surface area contributed by atoms with E-state index in [9.17, 15) is 10.1 Å². The lowest BCUT2D eigenvalue weighted by atomic mass is 10.1. The van der Waals surface area contributed by atoms with Crippen LogP contribution in [-0.4, -0.2) is 17.6 Å². The van der Waals surface area contributed by atoms with Crippen LogP contribution in [0.1, 0.15) is 20.8 Å². The average molecular weight is 224 g/mol. The minimum absolute atomic E-state index is 0.0308. The van der Waals surface area contributed by atoms with Crippen molar-refractivity contribution in [2.75, 3.05) is 12.4 Å². The van der Waals surface area contributed by atoms with E-state index < -0.39 is 4.92 Å². The number of benzene rings is 1. The Morgan fingerprint density at radius 3 is 2.44 bits per heavy atom. The molecule has 0 atom stereocenters. The van der Waals surface area contributed by atoms with Crippen molar-refractivity contribution in [3.63, 3.8) is 0 Å². The molecule has 0 aliphatic heterocycles. The minimum atomic E-state index is -0.452. The van der Waals surface area contributed by atoms with Crippen molar-refractivity contribution < 1.29 is 9.66 Å². The van der Waals surface area contributed by atoms with E-state index >= 15 is 0 Å². The number of ether oxygens (including phenoxy) is 1. The summed E-state index contributed by atoms with van der Waals surface area (Å²) in [6.45, 7) is 5.93. The number of methoxy groups -OCH3 is 1. The molecule has 0 fully saturated rings. The number of nitro benzene ring substituents is 1. The van der Waals surface area contributed by atoms with Crippen LogP contribution < -0.4 is 10.1 Å². The maximum atomic E-state index is 10.8. The summed E-state index contributed by atoms with van der Waals surface area (Å²) < 4.78 is 5.08. The van der Waals surface area contributed by atoms with E-state index in [4.69, 9.17) is 4.74 Å². The third-order valence-electron chi connectivity index (χ3n) is 1.90. The summed E-state index contributed by atoms with van der Waals surface area (Å²) >= 11 is 0. The lowest BCUT2D eigenvalue weighted by molar-refractivity contribution is -0.385. The van der Waals surface area contributed by atoms with E-state index in [0.717, 1.165) is 0 Å². The highest BCUT2D eigenvalue weighted by atomic mass is 16.6. The highest BCUT2D eigenvalue weighted by Crippen LogP contribution is 2.35. The summed E-state index contributed by atoms with van der Waals surface area (Å²) in [4.78, 5) is 10.3. The van der Waals surface area contributed by atoms with Crippen molar-refractivity contribution in [3.8, 4) is 5.75 Å². The molecule has 0 amide bonds. The molecule has 0 aliphatic rings. The van der Waals surface area contributed by atoms with Gasteiger partial charge in [-0.3, -0.25) is 10.1 Å². The Kier molecular flexibility index (Phi) is 3.37. The molecule has 0 radical (unpaired) electrons. The smallest absolute Gasteiger partial charge is 0.313 e. The van der Waals surface area contributed by atoms with Gasteiger partial charge in [0.05, 0.1) is 17.7 Å². The quantitative estimate of drug-likeness (QED) is 0.633. The van der Waals surface area contributed by atoms with Crippen molar-refractivity contribution in [3.05, 3.63) is 28.3 Å². The normalized spacial score (nSPS) is 11.0. The molecule has 0 aromatic heterocycles. The van der Waals surface area contributed by atoms with Gasteiger partial charge in [-0.15, -0.1) is 0 Å². The van der Waals surface area contributed by atoms with E-state index in [2.05, 4.69) is 5.32 Å². The zero-order chi connectivity index (χ0) is 12.3. The number of para-hydroxylation sites is 1. The molecule has 0 unspecified atom stereocenters. The Hall–Kier alpha value is -1.78. The third-order valence-corrected chi connectivity index (χ3v) is 1.90. The van der Waals surface area contributed by atoms with E-state index in [1.807, 2.05) is 20.8 Å². The van der Waals surface area contributed by atoms with Crippen molar-refractivity contribution in [2.45, 2.75) is 26.3 Å². The maximum Gasteiger partial charge on any atom is 0.313 e. The number of hydrogen-bond acceptors (Lipinski definition) is 4. The summed E-state index contributed by atoms with van der Waals surface area (Å²) in [6, 6.07) is 4.82. The Labute approximate surface area is 94.6 Å². The molecule has 5 nitrogen and oxygen atoms in total. The first-order chi connectivity index (χ1) is 7.35. The molecule has 5 heteroatoms. The van der Waals surface area contributed by atoms with Crippen LogP contribution in [-0.2, 0) is 0 Å². The SMILES string of the molecule is COc1c(NC(C)(C)C)cccc1[N+](=O)[O-]. The van der Waals surface area contributed by atoms with Gasteiger partial charge >= 0.3 is 5.69 Å². The van der Waals surface area contributed by atoms with Crippen LogP contribution in [0, 0.1) is 10.1 Å². The van der Waals surface area contributed by atoms with E-state index in [-0.39, 0.29) is 17.0 Å². The molecular weight excluding hydrogens is 208 g/mol. The Balaban J connectivity index is 3.19. The van der Waals surface area contributed by atoms with Gasteiger partial charge in [0.15, 0.2) is 0 Å². The number of nitrogens with zero attached hydrogens (tertiary/aromatic N) is 1. The van der Waals surface area contributed by atoms with Crippen molar-refractivity contribution in [1.29, 1.82) is 0 Å². The lowest BCUT2D eigenvalue weighted by Gasteiger charge is -2.23. The molecule has 16 heavy (non-hydrogen) atoms. The Morgan fingerprint density at radius 2 is 2.00 bits per heavy atom. The highest BCUT2D eigenvalue weighted by molar-refractivity contribution is 5.66. The second-order valence-corrected chi connectivity index (χ2v) is 4.49. The van der Waals surface area contributed by atoms with Crippen LogP contribution in [0.15, 0.2) is 18.2 Å². The van der Waals surface area contributed by atoms with Crippen LogP contribution in [0.4, 0.5) is 11.4 Å². The molecule has 0 bridgehead atoms. The van der Waals surface area contributed by atoms with Crippen molar-refractivity contribution in [1.82, 2.24) is 0 Å². The summed E-state index contributed by atoms with van der Waals surface area (Å²) in [5.41, 5.74) is 0.420. The summed E-state index contributed by atoms with van der Waals surface area (Å²) in [5, 5.41) is 14.0. The van der Waals surface area contributed by atoms with E-state index in [1.165, 1.54) is 13.2 Å². The average Bonchev–Trinajstić information content (AvgIpc) is 2.14. The summed E-state index contributed by atoms with van der Waals surface area (Å²) in [5.74, 6) is 0.266. The summed E-state index contributed by atoms with van der Waals surface area (Å²) in [7, 11) is 1.43. The monoisotopic (exact) mass is 224 g/mol. The van der Waals surface area contributed by atoms with E-state index in [1.54, 1.807) is 12.1 Å². The van der Waals surface area contributed by atoms with E-state index in [0.29, 0.717) is 5.69 Å². The molecule has 0 saturated heterocycles. The van der Waals surface area contributed by atoms with Gasteiger partial charge in [0.25, 0.3) is 0 Å². The number of anilines is 1. The van der Waals surface area contributed by atoms with Gasteiger partial charge in [-0.25, -0.2) is 0 Å². The molecule has 1 N–H and O–H groups in total. The molecule has 1 rings (SSSR count). The predicted molar refractivity (Wildman–Crippen MR) is 63.0 cm³/mol. The number of nitro groups is 1. The molecule has 1 aromatic rings. The zero-order valence-electron chi connectivity index (χ0n) is 9.90. The maximum absolute atomic E-state index is 10.8. The molecule has 0 saturated carbocycles. The zero-order valence-corrected chi connectivity index (χ0v) is 9.90. The second-order valence-electron chi connectivity index (χ2n) is 4.49. The standard InChI is InChI=1S/C11H16N2O3/c1-11(2,3)12-8-6-5-7-9(13(14)15)10(8)16-4/h5-7,12H,1-4H3. The summed E-state index contributed by atoms with van der Waals surface area (Å²) in [6.07, 6.45) is 0. The highest BCUT2D eigenvalue weighted by Gasteiger charge is 2.20. The fourth-order valence-electron chi connectivity index (χ4n) is 1.39. The van der Waals surface area contributed by atoms with Gasteiger partial charge < -0.3 is 10.1 Å². The van der Waals surface area contributed by atoms with Crippen molar-refractivity contribution in [2.24, 2.45) is 0 Å². The predicted octanol–water partition coefficient (Wildman–Crippen LogP) is 2.81. The second kappa shape index (κ2) is 4.38. The minimum Gasteiger partial charge on any atom is -0.489 e. The van der Waals surface area contributed by atoms with Crippen LogP contribution in [0.2, 0.25) is 0 Å². The van der Waals surface area contributed by atoms with Gasteiger partial charge in [0.1, 0.15) is 0 Å². The van der Waals surface area contributed by atoms with Gasteiger partial charge in [0, 0.05) is 11.6 Å². The van der Waals surface area contributed by atoms with Gasteiger partial charge in [-0.2, -0.15) is 0 Å². The number of nitrogens with one attached hydrogen (secondary N) is 1. The fourth-order valence-corrected chi connectivity index (χ4v) is 1.39. The molecular formula is C11H16N2O3. The molecule has 0 heterocycles. The van der Waals surface area contributed by atoms with Gasteiger partial charge in [-0.05, 0) is 26.8 Å². The van der Waals surface area contributed by atoms with Gasteiger partial charge in [0.2, 0.25) is 5.75 Å². The number of hydrogen-bond donors (Lipinski definition) is 1. The Bertz CT molecular complexity index is 397. The van der Waals surface area contributed by atoms with Crippen molar-refractivity contribution >= 4 is 11.4 Å². The fraction of sp³-hybridized carbons (Fsp3) is 0.455. The van der Waals surface area contributed by atoms with Crippen LogP contribution in [0.25, 0.3) is 0 Å².